The van der Waals surface area contributed by atoms with Gasteiger partial charge in [-0.05, 0) is 25.9 Å². The average molecular weight is 243 g/mol. The fourth-order valence-electron chi connectivity index (χ4n) is 1.91. The van der Waals surface area contributed by atoms with Crippen LogP contribution >= 0.6 is 0 Å². The minimum Gasteiger partial charge on any atom is -0.480 e. The number of hydrogen-bond acceptors (Lipinski definition) is 3. The van der Waals surface area contributed by atoms with Crippen molar-refractivity contribution in [2.75, 3.05) is 39.8 Å². The first-order chi connectivity index (χ1) is 8.09. The maximum absolute atomic E-state index is 11.5. The van der Waals surface area contributed by atoms with Crippen molar-refractivity contribution in [2.45, 2.75) is 19.3 Å². The molecule has 0 aromatic heterocycles. The summed E-state index contributed by atoms with van der Waals surface area (Å²) in [6.07, 6.45) is 3.75. The molecule has 2 amide bonds. The minimum atomic E-state index is -1.00. The van der Waals surface area contributed by atoms with Crippen molar-refractivity contribution in [1.82, 2.24) is 15.1 Å². The Bertz CT molecular complexity index is 265. The maximum Gasteiger partial charge on any atom is 0.323 e. The second-order valence-corrected chi connectivity index (χ2v) is 4.38. The summed E-state index contributed by atoms with van der Waals surface area (Å²) < 4.78 is 0. The Balaban J connectivity index is 2.12. The second-order valence-electron chi connectivity index (χ2n) is 4.38. The Labute approximate surface area is 102 Å². The molecule has 6 nitrogen and oxygen atoms in total. The van der Waals surface area contributed by atoms with Crippen molar-refractivity contribution in [3.05, 3.63) is 0 Å². The molecule has 1 rings (SSSR count). The van der Waals surface area contributed by atoms with E-state index in [0.29, 0.717) is 6.54 Å². The molecule has 0 aromatic carbocycles. The van der Waals surface area contributed by atoms with Crippen molar-refractivity contribution < 1.29 is 14.7 Å². The van der Waals surface area contributed by atoms with Crippen molar-refractivity contribution >= 4 is 12.0 Å². The molecule has 0 radical (unpaired) electrons. The van der Waals surface area contributed by atoms with Crippen LogP contribution in [0.2, 0.25) is 0 Å². The number of hydrogen-bond donors (Lipinski definition) is 2. The molecule has 1 fully saturated rings. The van der Waals surface area contributed by atoms with Gasteiger partial charge in [-0.25, -0.2) is 4.79 Å². The molecular weight excluding hydrogens is 222 g/mol. The highest BCUT2D eigenvalue weighted by atomic mass is 16.4. The third-order valence-electron chi connectivity index (χ3n) is 2.87. The number of urea groups is 1. The van der Waals surface area contributed by atoms with Gasteiger partial charge in [-0.3, -0.25) is 4.79 Å². The topological polar surface area (TPSA) is 72.9 Å². The highest BCUT2D eigenvalue weighted by Crippen LogP contribution is 2.07. The zero-order valence-corrected chi connectivity index (χ0v) is 10.3. The predicted octanol–water partition coefficient (Wildman–Crippen LogP) is 0.198. The maximum atomic E-state index is 11.5. The molecular formula is C11H21N3O3. The largest absolute Gasteiger partial charge is 0.480 e. The van der Waals surface area contributed by atoms with E-state index >= 15 is 0 Å². The quantitative estimate of drug-likeness (QED) is 0.723. The number of nitrogens with zero attached hydrogens (tertiary/aromatic N) is 2. The van der Waals surface area contributed by atoms with Gasteiger partial charge in [-0.15, -0.1) is 0 Å². The molecule has 0 aliphatic carbocycles. The van der Waals surface area contributed by atoms with Gasteiger partial charge in [0.05, 0.1) is 0 Å². The fraction of sp³-hybridized carbons (Fsp3) is 0.818. The van der Waals surface area contributed by atoms with Gasteiger partial charge < -0.3 is 20.2 Å². The molecule has 2 N–H and O–H groups in total. The van der Waals surface area contributed by atoms with E-state index in [9.17, 15) is 9.59 Å². The second kappa shape index (κ2) is 7.11. The molecule has 0 spiro atoms. The number of aliphatic carboxylic acids is 1. The molecule has 1 heterocycles. The summed E-state index contributed by atoms with van der Waals surface area (Å²) in [6, 6.07) is -0.329. The molecule has 1 saturated heterocycles. The fourth-order valence-corrected chi connectivity index (χ4v) is 1.91. The normalized spacial score (nSPS) is 16.5. The highest BCUT2D eigenvalue weighted by Gasteiger charge is 2.13. The van der Waals surface area contributed by atoms with E-state index in [4.69, 9.17) is 5.11 Å². The van der Waals surface area contributed by atoms with Gasteiger partial charge in [-0.1, -0.05) is 6.42 Å². The summed E-state index contributed by atoms with van der Waals surface area (Å²) >= 11 is 0. The monoisotopic (exact) mass is 243 g/mol. The number of piperidine rings is 1. The van der Waals surface area contributed by atoms with Gasteiger partial charge in [0.25, 0.3) is 0 Å². The Morgan fingerprint density at radius 2 is 1.94 bits per heavy atom. The van der Waals surface area contributed by atoms with Gasteiger partial charge >= 0.3 is 12.0 Å². The first-order valence-electron chi connectivity index (χ1n) is 6.02. The predicted molar refractivity (Wildman–Crippen MR) is 64.0 cm³/mol. The highest BCUT2D eigenvalue weighted by molar-refractivity contribution is 5.79. The van der Waals surface area contributed by atoms with Crippen molar-refractivity contribution in [1.29, 1.82) is 0 Å². The molecule has 0 aromatic rings. The smallest absolute Gasteiger partial charge is 0.323 e. The van der Waals surface area contributed by atoms with E-state index < -0.39 is 5.97 Å². The van der Waals surface area contributed by atoms with E-state index in [-0.39, 0.29) is 12.6 Å². The number of likely N-dealkylation sites (tertiary alicyclic amines) is 1. The number of amides is 2. The summed E-state index contributed by atoms with van der Waals surface area (Å²) in [6.45, 7) is 3.34. The Morgan fingerprint density at radius 3 is 2.53 bits per heavy atom. The summed E-state index contributed by atoms with van der Waals surface area (Å²) in [5, 5.41) is 11.2. The lowest BCUT2D eigenvalue weighted by Crippen LogP contribution is -2.43. The number of carbonyl (C=O) groups excluding carboxylic acids is 1. The van der Waals surface area contributed by atoms with Crippen molar-refractivity contribution in [3.63, 3.8) is 0 Å². The van der Waals surface area contributed by atoms with Gasteiger partial charge in [-0.2, -0.15) is 0 Å². The number of likely N-dealkylation sites (N-methyl/N-ethyl adjacent to an activating group) is 1. The van der Waals surface area contributed by atoms with Crippen molar-refractivity contribution in [2.24, 2.45) is 0 Å². The van der Waals surface area contributed by atoms with Gasteiger partial charge in [0.2, 0.25) is 0 Å². The number of carboxylic acid groups (broad SMARTS) is 1. The van der Waals surface area contributed by atoms with Crippen LogP contribution in [0, 0.1) is 0 Å². The number of carboxylic acids is 1. The molecule has 0 saturated carbocycles. The zero-order chi connectivity index (χ0) is 12.7. The van der Waals surface area contributed by atoms with Crippen LogP contribution in [0.3, 0.4) is 0 Å². The third kappa shape index (κ3) is 5.53. The molecule has 17 heavy (non-hydrogen) atoms. The Morgan fingerprint density at radius 1 is 1.29 bits per heavy atom. The van der Waals surface area contributed by atoms with Crippen LogP contribution < -0.4 is 5.32 Å². The van der Waals surface area contributed by atoms with Crippen LogP contribution in [-0.4, -0.2) is 66.7 Å². The zero-order valence-electron chi connectivity index (χ0n) is 10.3. The standard InChI is InChI=1S/C11H21N3O3/c1-13(9-10(15)16)11(17)12-5-8-14-6-3-2-4-7-14/h2-9H2,1H3,(H,12,17)(H,15,16). The van der Waals surface area contributed by atoms with Gasteiger partial charge in [0.1, 0.15) is 6.54 Å². The van der Waals surface area contributed by atoms with E-state index in [2.05, 4.69) is 10.2 Å². The number of rotatable bonds is 5. The molecule has 1 aliphatic heterocycles. The average Bonchev–Trinajstić information content (AvgIpc) is 2.29. The molecule has 1 aliphatic rings. The van der Waals surface area contributed by atoms with E-state index in [1.54, 1.807) is 0 Å². The summed E-state index contributed by atoms with van der Waals surface area (Å²) in [5.74, 6) is -1.00. The molecule has 0 unspecified atom stereocenters. The molecule has 0 atom stereocenters. The van der Waals surface area contributed by atoms with E-state index in [1.165, 1.54) is 31.2 Å². The molecule has 0 bridgehead atoms. The first-order valence-corrected chi connectivity index (χ1v) is 6.02. The third-order valence-corrected chi connectivity index (χ3v) is 2.87. The van der Waals surface area contributed by atoms with Crippen LogP contribution in [-0.2, 0) is 4.79 Å². The summed E-state index contributed by atoms with van der Waals surface area (Å²) in [7, 11) is 1.48. The minimum absolute atomic E-state index is 0.268. The van der Waals surface area contributed by atoms with Crippen molar-refractivity contribution in [3.8, 4) is 0 Å². The first kappa shape index (κ1) is 13.8. The van der Waals surface area contributed by atoms with Crippen LogP contribution in [0.5, 0.6) is 0 Å². The van der Waals surface area contributed by atoms with E-state index in [1.807, 2.05) is 0 Å². The van der Waals surface area contributed by atoms with Crippen LogP contribution in [0.25, 0.3) is 0 Å². The Hall–Kier alpha value is -1.30. The molecule has 98 valence electrons. The SMILES string of the molecule is CN(CC(=O)O)C(=O)NCCN1CCCCC1. The Kier molecular flexibility index (Phi) is 5.76. The van der Waals surface area contributed by atoms with E-state index in [0.717, 1.165) is 19.6 Å². The van der Waals surface area contributed by atoms with Crippen LogP contribution in [0.4, 0.5) is 4.79 Å². The van der Waals surface area contributed by atoms with Gasteiger partial charge in [0, 0.05) is 20.1 Å². The van der Waals surface area contributed by atoms with Crippen LogP contribution in [0.15, 0.2) is 0 Å². The number of nitrogens with one attached hydrogen (secondary N) is 1. The summed E-state index contributed by atoms with van der Waals surface area (Å²) in [4.78, 5) is 25.3. The van der Waals surface area contributed by atoms with Gasteiger partial charge in [0.15, 0.2) is 0 Å². The summed E-state index contributed by atoms with van der Waals surface area (Å²) in [5.41, 5.74) is 0. The van der Waals surface area contributed by atoms with Crippen LogP contribution in [0.1, 0.15) is 19.3 Å². The lowest BCUT2D eigenvalue weighted by atomic mass is 10.1. The lowest BCUT2D eigenvalue weighted by Gasteiger charge is -2.26. The molecule has 6 heteroatoms. The lowest BCUT2D eigenvalue weighted by molar-refractivity contribution is -0.137. The number of carbonyl (C=O) groups is 2.